The van der Waals surface area contributed by atoms with Crippen molar-refractivity contribution in [2.75, 3.05) is 12.0 Å². The van der Waals surface area contributed by atoms with Crippen molar-refractivity contribution in [3.63, 3.8) is 0 Å². The van der Waals surface area contributed by atoms with Crippen LogP contribution in [0.25, 0.3) is 5.65 Å². The number of rotatable bonds is 7. The molecule has 0 fully saturated rings. The molecule has 0 saturated heterocycles. The summed E-state index contributed by atoms with van der Waals surface area (Å²) in [7, 11) is -4.46. The summed E-state index contributed by atoms with van der Waals surface area (Å²) in [6, 6.07) is 8.46. The van der Waals surface area contributed by atoms with Gasteiger partial charge in [-0.25, -0.2) is 13.1 Å². The Kier molecular flexibility index (Phi) is 5.96. The molecule has 150 valence electrons. The zero-order valence-electron chi connectivity index (χ0n) is 14.7. The number of nitrogens with one attached hydrogen (secondary N) is 1. The van der Waals surface area contributed by atoms with Gasteiger partial charge < -0.3 is 0 Å². The van der Waals surface area contributed by atoms with Crippen LogP contribution in [0.4, 0.5) is 13.2 Å². The largest absolute Gasteiger partial charge is 0.417 e. The number of pyridine rings is 1. The lowest BCUT2D eigenvalue weighted by atomic mass is 10.2. The molecule has 1 unspecified atom stereocenters. The zero-order valence-corrected chi connectivity index (χ0v) is 16.4. The van der Waals surface area contributed by atoms with Gasteiger partial charge in [-0.1, -0.05) is 18.2 Å². The van der Waals surface area contributed by atoms with Crippen molar-refractivity contribution in [1.29, 1.82) is 0 Å². The van der Waals surface area contributed by atoms with E-state index >= 15 is 0 Å². The molecule has 0 aliphatic heterocycles. The van der Waals surface area contributed by atoms with Crippen LogP contribution < -0.4 is 4.72 Å². The minimum atomic E-state index is -4.79. The van der Waals surface area contributed by atoms with Crippen LogP contribution >= 0.6 is 11.8 Å². The molecule has 0 amide bonds. The van der Waals surface area contributed by atoms with Gasteiger partial charge in [-0.15, -0.1) is 10.2 Å². The summed E-state index contributed by atoms with van der Waals surface area (Å²) in [6.07, 6.45) is -0.924. The van der Waals surface area contributed by atoms with Gasteiger partial charge in [0.05, 0.1) is 16.5 Å². The third-order valence-corrected chi connectivity index (χ3v) is 6.22. The molecular formula is C17H17F3N4O2S2. The molecule has 0 aliphatic rings. The van der Waals surface area contributed by atoms with Crippen LogP contribution in [-0.2, 0) is 16.2 Å². The highest BCUT2D eigenvalue weighted by Crippen LogP contribution is 2.34. The van der Waals surface area contributed by atoms with E-state index in [9.17, 15) is 21.6 Å². The summed E-state index contributed by atoms with van der Waals surface area (Å²) >= 11 is 1.49. The highest BCUT2D eigenvalue weighted by Gasteiger charge is 2.37. The van der Waals surface area contributed by atoms with Crippen LogP contribution in [-0.4, -0.2) is 35.0 Å². The van der Waals surface area contributed by atoms with E-state index in [2.05, 4.69) is 14.9 Å². The zero-order chi connectivity index (χ0) is 20.4. The van der Waals surface area contributed by atoms with Crippen LogP contribution in [0.5, 0.6) is 0 Å². The van der Waals surface area contributed by atoms with Gasteiger partial charge in [-0.3, -0.25) is 4.40 Å². The molecule has 3 aromatic rings. The Balaban J connectivity index is 2.02. The molecule has 6 nitrogen and oxygen atoms in total. The fourth-order valence-electron chi connectivity index (χ4n) is 2.76. The standard InChI is InChI=1S/C17H17F3N4O2S2/c1-27-11-9-13(16-22-21-15-8-4-5-10-24(15)16)23-28(25,26)14-7-3-2-6-12(14)17(18,19)20/h2-8,10,13,23H,9,11H2,1H3. The average molecular weight is 430 g/mol. The highest BCUT2D eigenvalue weighted by molar-refractivity contribution is 7.98. The van der Waals surface area contributed by atoms with Gasteiger partial charge in [0.15, 0.2) is 11.5 Å². The maximum atomic E-state index is 13.3. The Morgan fingerprint density at radius 2 is 1.86 bits per heavy atom. The van der Waals surface area contributed by atoms with Crippen molar-refractivity contribution in [3.8, 4) is 0 Å². The Morgan fingerprint density at radius 1 is 1.14 bits per heavy atom. The first kappa shape index (κ1) is 20.6. The van der Waals surface area contributed by atoms with E-state index in [0.717, 1.165) is 18.2 Å². The molecule has 28 heavy (non-hydrogen) atoms. The fraction of sp³-hybridized carbons (Fsp3) is 0.294. The minimum absolute atomic E-state index is 0.317. The van der Waals surface area contributed by atoms with Crippen LogP contribution in [0.2, 0.25) is 0 Å². The number of hydrogen-bond donors (Lipinski definition) is 1. The Bertz CT molecular complexity index is 1070. The molecule has 2 heterocycles. The molecular weight excluding hydrogens is 413 g/mol. The molecule has 1 N–H and O–H groups in total. The number of benzene rings is 1. The van der Waals surface area contributed by atoms with Crippen molar-refractivity contribution in [3.05, 3.63) is 60.0 Å². The van der Waals surface area contributed by atoms with Gasteiger partial charge in [0.25, 0.3) is 0 Å². The van der Waals surface area contributed by atoms with Crippen molar-refractivity contribution in [1.82, 2.24) is 19.3 Å². The molecule has 2 aromatic heterocycles. The Labute approximate surface area is 164 Å². The molecule has 11 heteroatoms. The molecule has 0 aliphatic carbocycles. The van der Waals surface area contributed by atoms with Gasteiger partial charge in [0.2, 0.25) is 10.0 Å². The maximum Gasteiger partial charge on any atom is 0.417 e. The summed E-state index contributed by atoms with van der Waals surface area (Å²) < 4.78 is 69.5. The molecule has 0 saturated carbocycles. The number of halogens is 3. The smallest absolute Gasteiger partial charge is 0.285 e. The van der Waals surface area contributed by atoms with Crippen LogP contribution in [0, 0.1) is 0 Å². The Hall–Kier alpha value is -2.11. The first-order valence-corrected chi connectivity index (χ1v) is 11.1. The second-order valence-electron chi connectivity index (χ2n) is 5.94. The van der Waals surface area contributed by atoms with E-state index in [1.165, 1.54) is 17.8 Å². The SMILES string of the molecule is CSCCC(NS(=O)(=O)c1ccccc1C(F)(F)F)c1nnc2ccccn12. The predicted molar refractivity (Wildman–Crippen MR) is 100 cm³/mol. The number of sulfonamides is 1. The second kappa shape index (κ2) is 8.10. The number of nitrogens with zero attached hydrogens (tertiary/aromatic N) is 3. The number of alkyl halides is 3. The van der Waals surface area contributed by atoms with E-state index < -0.39 is 32.7 Å². The molecule has 0 bridgehead atoms. The number of hydrogen-bond acceptors (Lipinski definition) is 5. The normalized spacial score (nSPS) is 13.7. The van der Waals surface area contributed by atoms with Gasteiger partial charge >= 0.3 is 6.18 Å². The fourth-order valence-corrected chi connectivity index (χ4v) is 4.69. The lowest BCUT2D eigenvalue weighted by Crippen LogP contribution is -2.32. The Morgan fingerprint density at radius 3 is 2.57 bits per heavy atom. The number of aromatic nitrogens is 3. The lowest BCUT2D eigenvalue weighted by molar-refractivity contribution is -0.139. The van der Waals surface area contributed by atoms with Crippen LogP contribution in [0.15, 0.2) is 53.6 Å². The first-order valence-electron chi connectivity index (χ1n) is 8.21. The summed E-state index contributed by atoms with van der Waals surface area (Å²) in [4.78, 5) is -0.814. The van der Waals surface area contributed by atoms with Crippen molar-refractivity contribution >= 4 is 27.4 Å². The van der Waals surface area contributed by atoms with E-state index in [-0.39, 0.29) is 0 Å². The summed E-state index contributed by atoms with van der Waals surface area (Å²) in [6.45, 7) is 0. The topological polar surface area (TPSA) is 76.4 Å². The highest BCUT2D eigenvalue weighted by atomic mass is 32.2. The van der Waals surface area contributed by atoms with Gasteiger partial charge in [-0.05, 0) is 42.7 Å². The monoisotopic (exact) mass is 430 g/mol. The van der Waals surface area contributed by atoms with Gasteiger partial charge in [0.1, 0.15) is 0 Å². The molecule has 1 atom stereocenters. The third-order valence-electron chi connectivity index (χ3n) is 4.04. The van der Waals surface area contributed by atoms with Crippen LogP contribution in [0.1, 0.15) is 23.9 Å². The molecule has 0 radical (unpaired) electrons. The minimum Gasteiger partial charge on any atom is -0.285 e. The van der Waals surface area contributed by atoms with Crippen molar-refractivity contribution in [2.45, 2.75) is 23.5 Å². The molecule has 3 rings (SSSR count). The second-order valence-corrected chi connectivity index (χ2v) is 8.60. The van der Waals surface area contributed by atoms with Crippen LogP contribution in [0.3, 0.4) is 0 Å². The first-order chi connectivity index (χ1) is 13.2. The quantitative estimate of drug-likeness (QED) is 0.621. The maximum absolute atomic E-state index is 13.3. The summed E-state index contributed by atoms with van der Waals surface area (Å²) in [5.41, 5.74) is -0.696. The summed E-state index contributed by atoms with van der Waals surface area (Å²) in [5.74, 6) is 0.897. The predicted octanol–water partition coefficient (Wildman–Crippen LogP) is 3.52. The third kappa shape index (κ3) is 4.31. The van der Waals surface area contributed by atoms with E-state index in [4.69, 9.17) is 0 Å². The van der Waals surface area contributed by atoms with E-state index in [1.807, 2.05) is 6.26 Å². The molecule has 0 spiro atoms. The number of fused-ring (bicyclic) bond motifs is 1. The van der Waals surface area contributed by atoms with Gasteiger partial charge in [0, 0.05) is 6.20 Å². The summed E-state index contributed by atoms with van der Waals surface area (Å²) in [5, 5.41) is 8.05. The number of thioether (sulfide) groups is 1. The van der Waals surface area contributed by atoms with Crippen molar-refractivity contribution < 1.29 is 21.6 Å². The average Bonchev–Trinajstić information content (AvgIpc) is 3.08. The van der Waals surface area contributed by atoms with Crippen molar-refractivity contribution in [2.24, 2.45) is 0 Å². The van der Waals surface area contributed by atoms with E-state index in [1.54, 1.807) is 28.8 Å². The molecule has 1 aromatic carbocycles. The van der Waals surface area contributed by atoms with Gasteiger partial charge in [-0.2, -0.15) is 24.9 Å². The lowest BCUT2D eigenvalue weighted by Gasteiger charge is -2.19. The van der Waals surface area contributed by atoms with E-state index in [0.29, 0.717) is 23.6 Å².